The summed E-state index contributed by atoms with van der Waals surface area (Å²) in [4.78, 5) is 21.0. The quantitative estimate of drug-likeness (QED) is 0.310. The first-order valence-corrected chi connectivity index (χ1v) is 10.2. The summed E-state index contributed by atoms with van der Waals surface area (Å²) in [5, 5.41) is 20.6. The first-order chi connectivity index (χ1) is 12.7. The molecule has 1 rings (SSSR count). The van der Waals surface area contributed by atoms with Crippen molar-refractivity contribution in [2.75, 3.05) is 6.61 Å². The summed E-state index contributed by atoms with van der Waals surface area (Å²) in [6.07, 6.45) is 2.63. The first-order valence-electron chi connectivity index (χ1n) is 8.75. The van der Waals surface area contributed by atoms with E-state index in [0.717, 1.165) is 25.0 Å². The van der Waals surface area contributed by atoms with E-state index in [2.05, 4.69) is 4.72 Å². The molecule has 2 atom stereocenters. The topological polar surface area (TPSA) is 136 Å². The second-order valence-corrected chi connectivity index (χ2v) is 7.86. The predicted octanol–water partition coefficient (Wildman–Crippen LogP) is 2.14. The number of nitro groups is 1. The van der Waals surface area contributed by atoms with Crippen molar-refractivity contribution in [2.24, 2.45) is 0 Å². The van der Waals surface area contributed by atoms with Crippen LogP contribution in [0.1, 0.15) is 46.0 Å². The normalized spacial score (nSPS) is 13.7. The Kier molecular flexibility index (Phi) is 9.33. The average molecular weight is 402 g/mol. The van der Waals surface area contributed by atoms with Gasteiger partial charge in [-0.25, -0.2) is 13.1 Å². The maximum atomic E-state index is 12.5. The third-order valence-electron chi connectivity index (χ3n) is 3.94. The summed E-state index contributed by atoms with van der Waals surface area (Å²) in [6, 6.07) is 4.14. The highest BCUT2D eigenvalue weighted by Crippen LogP contribution is 2.23. The fourth-order valence-electron chi connectivity index (χ4n) is 2.62. The van der Waals surface area contributed by atoms with Gasteiger partial charge in [-0.05, 0) is 25.3 Å². The van der Waals surface area contributed by atoms with Crippen molar-refractivity contribution in [1.82, 2.24) is 4.72 Å². The molecule has 0 aliphatic rings. The Morgan fingerprint density at radius 2 is 1.96 bits per heavy atom. The van der Waals surface area contributed by atoms with Gasteiger partial charge in [-0.15, -0.1) is 0 Å². The molecule has 0 heterocycles. The standard InChI is InChI=1S/C17H26N2O7S/c1-3-4-7-15(26-13(2)21)11-10-14(12-20)18-27(24,25)17-9-6-5-8-16(17)19(22)23/h5-6,8-9,14-15,18,20H,3-4,7,10-12H2,1-2H3/t14-,15+/m1/s1. The summed E-state index contributed by atoms with van der Waals surface area (Å²) in [5.41, 5.74) is -0.539. The van der Waals surface area contributed by atoms with Crippen LogP contribution in [0.25, 0.3) is 0 Å². The molecule has 0 radical (unpaired) electrons. The molecule has 9 nitrogen and oxygen atoms in total. The van der Waals surface area contributed by atoms with Crippen LogP contribution in [0.2, 0.25) is 0 Å². The van der Waals surface area contributed by atoms with Crippen molar-refractivity contribution in [3.05, 3.63) is 34.4 Å². The number of esters is 1. The van der Waals surface area contributed by atoms with Gasteiger partial charge in [0.25, 0.3) is 5.69 Å². The number of unbranched alkanes of at least 4 members (excludes halogenated alkanes) is 1. The number of sulfonamides is 1. The van der Waals surface area contributed by atoms with Crippen molar-refractivity contribution in [3.8, 4) is 0 Å². The van der Waals surface area contributed by atoms with Crippen LogP contribution in [0.4, 0.5) is 5.69 Å². The molecule has 0 aromatic heterocycles. The van der Waals surface area contributed by atoms with Crippen molar-refractivity contribution >= 4 is 21.7 Å². The van der Waals surface area contributed by atoms with Gasteiger partial charge in [0, 0.05) is 19.0 Å². The van der Waals surface area contributed by atoms with Crippen LogP contribution >= 0.6 is 0 Å². The molecule has 0 saturated carbocycles. The Balaban J connectivity index is 2.84. The number of aliphatic hydroxyl groups excluding tert-OH is 1. The Morgan fingerprint density at radius 3 is 2.52 bits per heavy atom. The zero-order valence-electron chi connectivity index (χ0n) is 15.5. The summed E-state index contributed by atoms with van der Waals surface area (Å²) < 4.78 is 32.5. The number of para-hydroxylation sites is 1. The van der Waals surface area contributed by atoms with Gasteiger partial charge in [0.05, 0.1) is 11.5 Å². The van der Waals surface area contributed by atoms with Crippen LogP contribution < -0.4 is 4.72 Å². The molecule has 0 fully saturated rings. The maximum Gasteiger partial charge on any atom is 0.302 e. The molecule has 27 heavy (non-hydrogen) atoms. The second kappa shape index (κ2) is 11.0. The SMILES string of the molecule is CCCC[C@@H](CC[C@H](CO)NS(=O)(=O)c1ccccc1[N+](=O)[O-])OC(C)=O. The van der Waals surface area contributed by atoms with Gasteiger partial charge in [0.2, 0.25) is 10.0 Å². The summed E-state index contributed by atoms with van der Waals surface area (Å²) in [5.74, 6) is -0.419. The molecule has 10 heteroatoms. The average Bonchev–Trinajstić information content (AvgIpc) is 2.62. The lowest BCUT2D eigenvalue weighted by molar-refractivity contribution is -0.387. The van der Waals surface area contributed by atoms with Crippen molar-refractivity contribution < 1.29 is 28.0 Å². The first kappa shape index (κ1) is 23.0. The van der Waals surface area contributed by atoms with E-state index in [-0.39, 0.29) is 12.5 Å². The van der Waals surface area contributed by atoms with Crippen LogP contribution in [-0.2, 0) is 19.6 Å². The molecule has 0 saturated heterocycles. The van der Waals surface area contributed by atoms with Gasteiger partial charge in [0.1, 0.15) is 6.10 Å². The van der Waals surface area contributed by atoms with Crippen molar-refractivity contribution in [1.29, 1.82) is 0 Å². The smallest absolute Gasteiger partial charge is 0.302 e. The highest BCUT2D eigenvalue weighted by atomic mass is 32.2. The molecule has 0 aliphatic heterocycles. The van der Waals surface area contributed by atoms with Crippen LogP contribution in [0.15, 0.2) is 29.2 Å². The zero-order valence-corrected chi connectivity index (χ0v) is 16.3. The van der Waals surface area contributed by atoms with Crippen LogP contribution in [0.5, 0.6) is 0 Å². The summed E-state index contributed by atoms with van der Waals surface area (Å²) >= 11 is 0. The molecular weight excluding hydrogens is 376 g/mol. The van der Waals surface area contributed by atoms with Crippen LogP contribution in [0.3, 0.4) is 0 Å². The lowest BCUT2D eigenvalue weighted by atomic mass is 10.0. The predicted molar refractivity (Wildman–Crippen MR) is 98.6 cm³/mol. The van der Waals surface area contributed by atoms with Gasteiger partial charge in [-0.2, -0.15) is 0 Å². The van der Waals surface area contributed by atoms with E-state index in [1.54, 1.807) is 0 Å². The van der Waals surface area contributed by atoms with Crippen LogP contribution in [0, 0.1) is 10.1 Å². The molecular formula is C17H26N2O7S. The van der Waals surface area contributed by atoms with Crippen molar-refractivity contribution in [2.45, 2.75) is 63.0 Å². The number of aliphatic hydroxyl groups is 1. The number of hydrogen-bond donors (Lipinski definition) is 2. The molecule has 2 N–H and O–H groups in total. The molecule has 1 aromatic carbocycles. The largest absolute Gasteiger partial charge is 0.463 e. The maximum absolute atomic E-state index is 12.5. The lowest BCUT2D eigenvalue weighted by Crippen LogP contribution is -2.38. The summed E-state index contributed by atoms with van der Waals surface area (Å²) in [6.45, 7) is 2.82. The van der Waals surface area contributed by atoms with E-state index >= 15 is 0 Å². The molecule has 0 bridgehead atoms. The minimum absolute atomic E-state index is 0.220. The van der Waals surface area contributed by atoms with E-state index in [1.807, 2.05) is 6.92 Å². The van der Waals surface area contributed by atoms with E-state index in [0.29, 0.717) is 12.8 Å². The fourth-order valence-corrected chi connectivity index (χ4v) is 4.06. The second-order valence-electron chi connectivity index (χ2n) is 6.18. The molecule has 0 amide bonds. The van der Waals surface area contributed by atoms with E-state index in [9.17, 15) is 28.4 Å². The van der Waals surface area contributed by atoms with E-state index in [4.69, 9.17) is 4.74 Å². The van der Waals surface area contributed by atoms with Gasteiger partial charge in [-0.3, -0.25) is 14.9 Å². The Hall–Kier alpha value is -2.04. The van der Waals surface area contributed by atoms with E-state index in [1.165, 1.54) is 19.1 Å². The Labute approximate surface area is 158 Å². The molecule has 1 aromatic rings. The number of nitrogens with one attached hydrogen (secondary N) is 1. The summed E-state index contributed by atoms with van der Waals surface area (Å²) in [7, 11) is -4.19. The highest BCUT2D eigenvalue weighted by Gasteiger charge is 2.28. The van der Waals surface area contributed by atoms with Gasteiger partial charge in [-0.1, -0.05) is 31.9 Å². The number of nitrogens with zero attached hydrogens (tertiary/aromatic N) is 1. The lowest BCUT2D eigenvalue weighted by Gasteiger charge is -2.21. The zero-order chi connectivity index (χ0) is 20.4. The highest BCUT2D eigenvalue weighted by molar-refractivity contribution is 7.89. The minimum atomic E-state index is -4.19. The Bertz CT molecular complexity index is 737. The number of rotatable bonds is 12. The number of carbonyl (C=O) groups is 1. The number of carbonyl (C=O) groups excluding carboxylic acids is 1. The molecule has 0 unspecified atom stereocenters. The number of ether oxygens (including phenoxy) is 1. The number of nitro benzene ring substituents is 1. The van der Waals surface area contributed by atoms with Gasteiger partial charge >= 0.3 is 5.97 Å². The number of hydrogen-bond acceptors (Lipinski definition) is 7. The van der Waals surface area contributed by atoms with Crippen LogP contribution in [-0.4, -0.2) is 43.2 Å². The monoisotopic (exact) mass is 402 g/mol. The fraction of sp³-hybridized carbons (Fsp3) is 0.588. The molecule has 152 valence electrons. The third-order valence-corrected chi connectivity index (χ3v) is 5.51. The van der Waals surface area contributed by atoms with Gasteiger partial charge < -0.3 is 9.84 Å². The Morgan fingerprint density at radius 1 is 1.30 bits per heavy atom. The van der Waals surface area contributed by atoms with E-state index < -0.39 is 44.1 Å². The van der Waals surface area contributed by atoms with Gasteiger partial charge in [0.15, 0.2) is 4.90 Å². The third kappa shape index (κ3) is 7.61. The minimum Gasteiger partial charge on any atom is -0.463 e. The van der Waals surface area contributed by atoms with Crippen molar-refractivity contribution in [3.63, 3.8) is 0 Å². The molecule has 0 aliphatic carbocycles. The molecule has 0 spiro atoms. The number of benzene rings is 1.